The first-order valence-corrected chi connectivity index (χ1v) is 6.77. The quantitative estimate of drug-likeness (QED) is 0.898. The number of benzene rings is 1. The Balaban J connectivity index is 2.00. The fourth-order valence-corrected chi connectivity index (χ4v) is 2.58. The van der Waals surface area contributed by atoms with Crippen molar-refractivity contribution in [1.82, 2.24) is 0 Å². The largest absolute Gasteiger partial charge is 0.394 e. The van der Waals surface area contributed by atoms with Gasteiger partial charge >= 0.3 is 0 Å². The summed E-state index contributed by atoms with van der Waals surface area (Å²) >= 11 is 3.43. The molecule has 1 fully saturated rings. The fraction of sp³-hybridized carbons (Fsp3) is 0.538. The van der Waals surface area contributed by atoms with E-state index in [1.165, 1.54) is 0 Å². The molecule has 1 aliphatic rings. The minimum absolute atomic E-state index is 0.0331. The molecule has 3 unspecified atom stereocenters. The molecule has 3 atom stereocenters. The predicted octanol–water partition coefficient (Wildman–Crippen LogP) is 2.79. The van der Waals surface area contributed by atoms with E-state index >= 15 is 0 Å². The van der Waals surface area contributed by atoms with E-state index in [4.69, 9.17) is 4.74 Å². The van der Waals surface area contributed by atoms with Gasteiger partial charge in [0, 0.05) is 10.2 Å². The highest BCUT2D eigenvalue weighted by Crippen LogP contribution is 2.24. The summed E-state index contributed by atoms with van der Waals surface area (Å²) in [6.07, 6.45) is 2.49. The number of hydrogen-bond acceptors (Lipinski definition) is 3. The molecule has 0 aliphatic carbocycles. The number of anilines is 1. The van der Waals surface area contributed by atoms with Crippen LogP contribution in [-0.4, -0.2) is 30.0 Å². The molecule has 1 heterocycles. The zero-order valence-electron chi connectivity index (χ0n) is 9.90. The second kappa shape index (κ2) is 5.85. The molecule has 0 aromatic heterocycles. The number of aliphatic hydroxyl groups excluding tert-OH is 1. The Labute approximate surface area is 110 Å². The Morgan fingerprint density at radius 3 is 2.94 bits per heavy atom. The third-order valence-corrected chi connectivity index (χ3v) is 3.58. The SMILES string of the molecule is CC1CCC(C(CO)Nc2cccc(Br)c2)O1. The first kappa shape index (κ1) is 12.9. The normalized spacial score (nSPS) is 25.8. The van der Waals surface area contributed by atoms with E-state index < -0.39 is 0 Å². The third kappa shape index (κ3) is 3.44. The van der Waals surface area contributed by atoms with Gasteiger partial charge in [0.05, 0.1) is 24.9 Å². The van der Waals surface area contributed by atoms with Gasteiger partial charge in [0.15, 0.2) is 0 Å². The summed E-state index contributed by atoms with van der Waals surface area (Å²) in [7, 11) is 0. The van der Waals surface area contributed by atoms with E-state index in [2.05, 4.69) is 28.2 Å². The highest BCUT2D eigenvalue weighted by atomic mass is 79.9. The number of nitrogens with one attached hydrogen (secondary N) is 1. The van der Waals surface area contributed by atoms with Gasteiger partial charge in [-0.25, -0.2) is 0 Å². The van der Waals surface area contributed by atoms with Gasteiger partial charge in [-0.15, -0.1) is 0 Å². The summed E-state index contributed by atoms with van der Waals surface area (Å²) in [4.78, 5) is 0. The summed E-state index contributed by atoms with van der Waals surface area (Å²) in [5.41, 5.74) is 1.00. The number of rotatable bonds is 4. The van der Waals surface area contributed by atoms with Gasteiger partial charge in [-0.2, -0.15) is 0 Å². The van der Waals surface area contributed by atoms with Crippen molar-refractivity contribution in [1.29, 1.82) is 0 Å². The Bertz CT molecular complexity index is 372. The number of halogens is 1. The van der Waals surface area contributed by atoms with Gasteiger partial charge in [-0.05, 0) is 38.0 Å². The van der Waals surface area contributed by atoms with Gasteiger partial charge < -0.3 is 15.2 Å². The molecule has 0 bridgehead atoms. The maximum Gasteiger partial charge on any atom is 0.0803 e. The monoisotopic (exact) mass is 299 g/mol. The summed E-state index contributed by atoms with van der Waals surface area (Å²) in [5, 5.41) is 12.8. The third-order valence-electron chi connectivity index (χ3n) is 3.09. The van der Waals surface area contributed by atoms with Crippen molar-refractivity contribution < 1.29 is 9.84 Å². The lowest BCUT2D eigenvalue weighted by Gasteiger charge is -2.24. The Morgan fingerprint density at radius 2 is 2.35 bits per heavy atom. The van der Waals surface area contributed by atoms with Crippen LogP contribution in [0.1, 0.15) is 19.8 Å². The van der Waals surface area contributed by atoms with Gasteiger partial charge in [-0.3, -0.25) is 0 Å². The van der Waals surface area contributed by atoms with Crippen LogP contribution in [0.2, 0.25) is 0 Å². The molecule has 0 radical (unpaired) electrons. The van der Waals surface area contributed by atoms with E-state index in [0.29, 0.717) is 6.10 Å². The molecular formula is C13H18BrNO2. The molecule has 1 saturated heterocycles. The van der Waals surface area contributed by atoms with Crippen molar-refractivity contribution in [3.8, 4) is 0 Å². The van der Waals surface area contributed by atoms with Crippen LogP contribution in [0.5, 0.6) is 0 Å². The van der Waals surface area contributed by atoms with E-state index in [9.17, 15) is 5.11 Å². The summed E-state index contributed by atoms with van der Waals surface area (Å²) < 4.78 is 6.81. The maximum atomic E-state index is 9.45. The molecular weight excluding hydrogens is 282 g/mol. The van der Waals surface area contributed by atoms with Crippen molar-refractivity contribution in [2.24, 2.45) is 0 Å². The van der Waals surface area contributed by atoms with Crippen molar-refractivity contribution in [2.45, 2.75) is 38.0 Å². The smallest absolute Gasteiger partial charge is 0.0803 e. The molecule has 2 N–H and O–H groups in total. The molecule has 1 aliphatic heterocycles. The van der Waals surface area contributed by atoms with Crippen LogP contribution in [0.4, 0.5) is 5.69 Å². The predicted molar refractivity (Wildman–Crippen MR) is 72.2 cm³/mol. The van der Waals surface area contributed by atoms with Crippen LogP contribution >= 0.6 is 15.9 Å². The first-order valence-electron chi connectivity index (χ1n) is 5.97. The molecule has 2 rings (SSSR count). The Hall–Kier alpha value is -0.580. The second-order valence-corrected chi connectivity index (χ2v) is 5.42. The Morgan fingerprint density at radius 1 is 1.53 bits per heavy atom. The summed E-state index contributed by atoms with van der Waals surface area (Å²) in [6, 6.07) is 7.91. The number of hydrogen-bond donors (Lipinski definition) is 2. The molecule has 0 spiro atoms. The van der Waals surface area contributed by atoms with Crippen molar-refractivity contribution in [3.05, 3.63) is 28.7 Å². The van der Waals surface area contributed by atoms with E-state index in [1.807, 2.05) is 24.3 Å². The van der Waals surface area contributed by atoms with Gasteiger partial charge in [0.25, 0.3) is 0 Å². The topological polar surface area (TPSA) is 41.5 Å². The summed E-state index contributed by atoms with van der Waals surface area (Å²) in [6.45, 7) is 2.16. The average molecular weight is 300 g/mol. The van der Waals surface area contributed by atoms with Crippen molar-refractivity contribution in [3.63, 3.8) is 0 Å². The van der Waals surface area contributed by atoms with Crippen molar-refractivity contribution >= 4 is 21.6 Å². The molecule has 0 saturated carbocycles. The molecule has 1 aromatic rings. The number of aliphatic hydroxyl groups is 1. The highest BCUT2D eigenvalue weighted by molar-refractivity contribution is 9.10. The van der Waals surface area contributed by atoms with Crippen LogP contribution in [-0.2, 0) is 4.74 Å². The van der Waals surface area contributed by atoms with Gasteiger partial charge in [-0.1, -0.05) is 22.0 Å². The van der Waals surface area contributed by atoms with E-state index in [1.54, 1.807) is 0 Å². The highest BCUT2D eigenvalue weighted by Gasteiger charge is 2.29. The van der Waals surface area contributed by atoms with E-state index in [0.717, 1.165) is 23.0 Å². The molecule has 94 valence electrons. The van der Waals surface area contributed by atoms with Crippen molar-refractivity contribution in [2.75, 3.05) is 11.9 Å². The van der Waals surface area contributed by atoms with Gasteiger partial charge in [0.1, 0.15) is 0 Å². The van der Waals surface area contributed by atoms with Crippen LogP contribution in [0.25, 0.3) is 0 Å². The zero-order valence-corrected chi connectivity index (χ0v) is 11.5. The number of ether oxygens (including phenoxy) is 1. The zero-order chi connectivity index (χ0) is 12.3. The maximum absolute atomic E-state index is 9.45. The van der Waals surface area contributed by atoms with Gasteiger partial charge in [0.2, 0.25) is 0 Å². The fourth-order valence-electron chi connectivity index (χ4n) is 2.18. The standard InChI is InChI=1S/C13H18BrNO2/c1-9-5-6-13(17-9)12(8-16)15-11-4-2-3-10(14)7-11/h2-4,7,9,12-13,15-16H,5-6,8H2,1H3. The summed E-state index contributed by atoms with van der Waals surface area (Å²) in [5.74, 6) is 0. The lowest BCUT2D eigenvalue weighted by molar-refractivity contribution is 0.0324. The Kier molecular flexibility index (Phi) is 4.42. The molecule has 3 nitrogen and oxygen atoms in total. The minimum atomic E-state index is -0.0331. The van der Waals surface area contributed by atoms with Crippen LogP contribution in [0.3, 0.4) is 0 Å². The molecule has 4 heteroatoms. The lowest BCUT2D eigenvalue weighted by atomic mass is 10.1. The lowest BCUT2D eigenvalue weighted by Crippen LogP contribution is -2.36. The van der Waals surface area contributed by atoms with E-state index in [-0.39, 0.29) is 18.8 Å². The minimum Gasteiger partial charge on any atom is -0.394 e. The average Bonchev–Trinajstić information content (AvgIpc) is 2.73. The van der Waals surface area contributed by atoms with Crippen LogP contribution in [0.15, 0.2) is 28.7 Å². The van der Waals surface area contributed by atoms with Crippen LogP contribution < -0.4 is 5.32 Å². The van der Waals surface area contributed by atoms with Crippen LogP contribution in [0, 0.1) is 0 Å². The second-order valence-electron chi connectivity index (χ2n) is 4.51. The molecule has 17 heavy (non-hydrogen) atoms. The molecule has 0 amide bonds. The first-order chi connectivity index (χ1) is 8.19. The molecule has 1 aromatic carbocycles.